The van der Waals surface area contributed by atoms with Crippen LogP contribution in [0.4, 0.5) is 0 Å². The van der Waals surface area contributed by atoms with Crippen LogP contribution >= 0.6 is 0 Å². The number of aromatic nitrogens is 3. The summed E-state index contributed by atoms with van der Waals surface area (Å²) in [7, 11) is 0. The van der Waals surface area contributed by atoms with Crippen molar-refractivity contribution in [3.63, 3.8) is 0 Å². The Hall–Kier alpha value is -2.22. The first-order valence-corrected chi connectivity index (χ1v) is 9.72. The molecule has 0 N–H and O–H groups in total. The van der Waals surface area contributed by atoms with Crippen LogP contribution in [0.25, 0.3) is 0 Å². The fourth-order valence-corrected chi connectivity index (χ4v) is 3.93. The lowest BCUT2D eigenvalue weighted by Crippen LogP contribution is -2.39. The number of piperidine rings is 1. The monoisotopic (exact) mass is 374 g/mol. The Morgan fingerprint density at radius 3 is 2.44 bits per heavy atom. The van der Waals surface area contributed by atoms with Crippen LogP contribution in [0.15, 0.2) is 9.05 Å². The molecule has 2 aliphatic heterocycles. The molecular formula is C19H26N4O4. The molecule has 0 unspecified atom stereocenters. The number of rotatable bonds is 4. The predicted octanol–water partition coefficient (Wildman–Crippen LogP) is 2.52. The largest absolute Gasteiger partial charge is 0.381 e. The topological polar surface area (TPSA) is 94.5 Å². The summed E-state index contributed by atoms with van der Waals surface area (Å²) in [5, 5.41) is 8.12. The van der Waals surface area contributed by atoms with Gasteiger partial charge >= 0.3 is 0 Å². The number of nitrogens with zero attached hydrogens (tertiary/aromatic N) is 4. The average molecular weight is 374 g/mol. The Labute approximate surface area is 158 Å². The van der Waals surface area contributed by atoms with Gasteiger partial charge in [0.15, 0.2) is 5.82 Å². The Bertz CT molecular complexity index is 766. The van der Waals surface area contributed by atoms with Gasteiger partial charge in [0.2, 0.25) is 11.8 Å². The number of aryl methyl sites for hydroxylation is 2. The first-order chi connectivity index (χ1) is 13.1. The van der Waals surface area contributed by atoms with Gasteiger partial charge in [-0.3, -0.25) is 4.79 Å². The van der Waals surface area contributed by atoms with Crippen molar-refractivity contribution in [3.8, 4) is 0 Å². The standard InChI is InChI=1S/C19H26N4O4/c1-12-16(13(2)26-21-12)11-17(24)23-7-3-15(4-8-23)19-20-18(22-27-19)14-5-9-25-10-6-14/h14-15H,3-11H2,1-2H3. The maximum Gasteiger partial charge on any atom is 0.229 e. The summed E-state index contributed by atoms with van der Waals surface area (Å²) < 4.78 is 16.1. The van der Waals surface area contributed by atoms with Crippen LogP contribution in [0.5, 0.6) is 0 Å². The second-order valence-corrected chi connectivity index (χ2v) is 7.51. The Kier molecular flexibility index (Phi) is 5.24. The van der Waals surface area contributed by atoms with Crippen LogP contribution in [0.2, 0.25) is 0 Å². The highest BCUT2D eigenvalue weighted by Crippen LogP contribution is 2.30. The molecule has 2 saturated heterocycles. The summed E-state index contributed by atoms with van der Waals surface area (Å²) in [6.45, 7) is 6.67. The molecule has 2 aromatic rings. The van der Waals surface area contributed by atoms with Crippen LogP contribution in [0.1, 0.15) is 66.3 Å². The Balaban J connectivity index is 1.32. The van der Waals surface area contributed by atoms with Gasteiger partial charge in [0.1, 0.15) is 5.76 Å². The van der Waals surface area contributed by atoms with Crippen molar-refractivity contribution in [3.05, 3.63) is 28.7 Å². The summed E-state index contributed by atoms with van der Waals surface area (Å²) in [6, 6.07) is 0. The molecule has 4 heterocycles. The van der Waals surface area contributed by atoms with E-state index < -0.39 is 0 Å². The van der Waals surface area contributed by atoms with Gasteiger partial charge in [0, 0.05) is 43.7 Å². The predicted molar refractivity (Wildman–Crippen MR) is 95.3 cm³/mol. The van der Waals surface area contributed by atoms with Crippen molar-refractivity contribution in [1.82, 2.24) is 20.2 Å². The van der Waals surface area contributed by atoms with E-state index in [-0.39, 0.29) is 11.8 Å². The molecule has 2 fully saturated rings. The van der Waals surface area contributed by atoms with Gasteiger partial charge in [-0.25, -0.2) is 0 Å². The summed E-state index contributed by atoms with van der Waals surface area (Å²) in [4.78, 5) is 19.2. The van der Waals surface area contributed by atoms with Gasteiger partial charge in [-0.15, -0.1) is 0 Å². The quantitative estimate of drug-likeness (QED) is 0.811. The van der Waals surface area contributed by atoms with E-state index in [1.165, 1.54) is 0 Å². The van der Waals surface area contributed by atoms with Crippen molar-refractivity contribution in [1.29, 1.82) is 0 Å². The van der Waals surface area contributed by atoms with Gasteiger partial charge < -0.3 is 18.7 Å². The average Bonchev–Trinajstić information content (AvgIpc) is 3.31. The summed E-state index contributed by atoms with van der Waals surface area (Å²) in [6.07, 6.45) is 3.95. The van der Waals surface area contributed by atoms with E-state index in [0.29, 0.717) is 31.3 Å². The third kappa shape index (κ3) is 3.90. The van der Waals surface area contributed by atoms with E-state index in [1.807, 2.05) is 18.7 Å². The number of amides is 1. The van der Waals surface area contributed by atoms with Crippen LogP contribution in [0.3, 0.4) is 0 Å². The highest BCUT2D eigenvalue weighted by Gasteiger charge is 2.29. The lowest BCUT2D eigenvalue weighted by Gasteiger charge is -2.30. The van der Waals surface area contributed by atoms with Crippen LogP contribution in [-0.4, -0.2) is 52.4 Å². The van der Waals surface area contributed by atoms with E-state index in [1.54, 1.807) is 0 Å². The second kappa shape index (κ2) is 7.80. The van der Waals surface area contributed by atoms with E-state index >= 15 is 0 Å². The SMILES string of the molecule is Cc1noc(C)c1CC(=O)N1CCC(c2nc(C3CCOCC3)no2)CC1. The van der Waals surface area contributed by atoms with Crippen molar-refractivity contribution in [2.24, 2.45) is 0 Å². The van der Waals surface area contributed by atoms with Crippen molar-refractivity contribution in [2.75, 3.05) is 26.3 Å². The highest BCUT2D eigenvalue weighted by atomic mass is 16.5. The van der Waals surface area contributed by atoms with Crippen LogP contribution in [0, 0.1) is 13.8 Å². The molecule has 4 rings (SSSR count). The third-order valence-corrected chi connectivity index (χ3v) is 5.75. The maximum absolute atomic E-state index is 12.6. The van der Waals surface area contributed by atoms with E-state index in [4.69, 9.17) is 13.8 Å². The van der Waals surface area contributed by atoms with Crippen molar-refractivity contribution < 1.29 is 18.6 Å². The minimum Gasteiger partial charge on any atom is -0.381 e. The van der Waals surface area contributed by atoms with Gasteiger partial charge in [-0.05, 0) is 39.5 Å². The highest BCUT2D eigenvalue weighted by molar-refractivity contribution is 5.79. The molecule has 27 heavy (non-hydrogen) atoms. The van der Waals surface area contributed by atoms with Gasteiger partial charge in [0.25, 0.3) is 0 Å². The van der Waals surface area contributed by atoms with E-state index in [0.717, 1.165) is 61.7 Å². The molecule has 146 valence electrons. The molecule has 0 bridgehead atoms. The van der Waals surface area contributed by atoms with Crippen molar-refractivity contribution >= 4 is 5.91 Å². The third-order valence-electron chi connectivity index (χ3n) is 5.75. The fraction of sp³-hybridized carbons (Fsp3) is 0.684. The molecular weight excluding hydrogens is 348 g/mol. The zero-order chi connectivity index (χ0) is 18.8. The van der Waals surface area contributed by atoms with E-state index in [2.05, 4.69) is 15.3 Å². The lowest BCUT2D eigenvalue weighted by atomic mass is 9.95. The normalized spacial score (nSPS) is 19.6. The van der Waals surface area contributed by atoms with Crippen molar-refractivity contribution in [2.45, 2.75) is 57.8 Å². The molecule has 0 radical (unpaired) electrons. The fourth-order valence-electron chi connectivity index (χ4n) is 3.93. The van der Waals surface area contributed by atoms with Crippen LogP contribution in [-0.2, 0) is 16.0 Å². The summed E-state index contributed by atoms with van der Waals surface area (Å²) in [5.74, 6) is 2.94. The number of hydrogen-bond donors (Lipinski definition) is 0. The number of hydrogen-bond acceptors (Lipinski definition) is 7. The second-order valence-electron chi connectivity index (χ2n) is 7.51. The Morgan fingerprint density at radius 2 is 1.78 bits per heavy atom. The number of likely N-dealkylation sites (tertiary alicyclic amines) is 1. The molecule has 2 aliphatic rings. The molecule has 8 heteroatoms. The molecule has 0 aromatic carbocycles. The first-order valence-electron chi connectivity index (χ1n) is 9.72. The van der Waals surface area contributed by atoms with E-state index in [9.17, 15) is 4.79 Å². The molecule has 2 aromatic heterocycles. The van der Waals surface area contributed by atoms with Crippen LogP contribution < -0.4 is 0 Å². The Morgan fingerprint density at radius 1 is 1.04 bits per heavy atom. The zero-order valence-electron chi connectivity index (χ0n) is 15.9. The minimum atomic E-state index is 0.122. The smallest absolute Gasteiger partial charge is 0.229 e. The maximum atomic E-state index is 12.6. The minimum absolute atomic E-state index is 0.122. The zero-order valence-corrected chi connectivity index (χ0v) is 15.9. The van der Waals surface area contributed by atoms with Gasteiger partial charge in [-0.2, -0.15) is 4.98 Å². The van der Waals surface area contributed by atoms with Gasteiger partial charge in [-0.1, -0.05) is 10.3 Å². The lowest BCUT2D eigenvalue weighted by molar-refractivity contribution is -0.131. The molecule has 0 atom stereocenters. The number of ether oxygens (including phenoxy) is 1. The number of carbonyl (C=O) groups is 1. The summed E-state index contributed by atoms with van der Waals surface area (Å²) >= 11 is 0. The van der Waals surface area contributed by atoms with Gasteiger partial charge in [0.05, 0.1) is 12.1 Å². The molecule has 0 saturated carbocycles. The summed E-state index contributed by atoms with van der Waals surface area (Å²) in [5.41, 5.74) is 1.70. The molecule has 0 spiro atoms. The first kappa shape index (κ1) is 18.2. The molecule has 8 nitrogen and oxygen atoms in total. The number of carbonyl (C=O) groups excluding carboxylic acids is 1. The molecule has 0 aliphatic carbocycles. The molecule has 1 amide bonds.